The summed E-state index contributed by atoms with van der Waals surface area (Å²) in [4.78, 5) is 49.0. The number of hydrogen-bond donors (Lipinski definition) is 2. The van der Waals surface area contributed by atoms with Gasteiger partial charge in [-0.2, -0.15) is 0 Å². The number of carbonyl (C=O) groups is 3. The minimum atomic E-state index is -0.850. The van der Waals surface area contributed by atoms with Gasteiger partial charge in [0.05, 0.1) is 25.7 Å². The first kappa shape index (κ1) is 29.4. The van der Waals surface area contributed by atoms with Crippen LogP contribution >= 0.6 is 11.6 Å². The van der Waals surface area contributed by atoms with Gasteiger partial charge in [-0.1, -0.05) is 17.7 Å². The van der Waals surface area contributed by atoms with Crippen molar-refractivity contribution in [2.75, 3.05) is 33.9 Å². The van der Waals surface area contributed by atoms with Crippen molar-refractivity contribution in [2.24, 2.45) is 11.8 Å². The Balaban J connectivity index is 1.27. The number of piperidine rings is 2. The van der Waals surface area contributed by atoms with Gasteiger partial charge in [0.25, 0.3) is 0 Å². The maximum absolute atomic E-state index is 14.3. The fourth-order valence-corrected chi connectivity index (χ4v) is 7.54. The molecular formula is C33H39ClN4O5. The molecule has 1 aromatic heterocycles. The highest BCUT2D eigenvalue weighted by atomic mass is 35.5. The fraction of sp³-hybridized carbons (Fsp3) is 0.485. The third kappa shape index (κ3) is 5.22. The molecule has 0 bridgehead atoms. The van der Waals surface area contributed by atoms with Gasteiger partial charge in [-0.25, -0.2) is 0 Å². The van der Waals surface area contributed by atoms with Gasteiger partial charge in [0.2, 0.25) is 17.7 Å². The topological polar surface area (TPSA) is 104 Å². The highest BCUT2D eigenvalue weighted by Gasteiger charge is 2.57. The zero-order valence-corrected chi connectivity index (χ0v) is 25.8. The number of nitrogens with zero attached hydrogens (tertiary/aromatic N) is 2. The van der Waals surface area contributed by atoms with Crippen molar-refractivity contribution in [3.63, 3.8) is 0 Å². The number of methoxy groups -OCH3 is 2. The summed E-state index contributed by atoms with van der Waals surface area (Å²) in [5.41, 5.74) is 2.99. The van der Waals surface area contributed by atoms with Gasteiger partial charge in [-0.3, -0.25) is 14.4 Å². The minimum absolute atomic E-state index is 0.0254. The van der Waals surface area contributed by atoms with Gasteiger partial charge < -0.3 is 29.6 Å². The van der Waals surface area contributed by atoms with Gasteiger partial charge in [-0.05, 0) is 80.5 Å². The second kappa shape index (κ2) is 11.8. The van der Waals surface area contributed by atoms with Crippen LogP contribution in [-0.2, 0) is 32.9 Å². The number of aromatic nitrogens is 1. The molecule has 2 aromatic carbocycles. The number of halogens is 1. The van der Waals surface area contributed by atoms with E-state index in [4.69, 9.17) is 21.1 Å². The number of aromatic amines is 1. The van der Waals surface area contributed by atoms with Crippen molar-refractivity contribution in [3.05, 3.63) is 58.2 Å². The van der Waals surface area contributed by atoms with Gasteiger partial charge in [0.1, 0.15) is 0 Å². The van der Waals surface area contributed by atoms with Gasteiger partial charge in [0.15, 0.2) is 11.5 Å². The lowest BCUT2D eigenvalue weighted by atomic mass is 9.67. The summed E-state index contributed by atoms with van der Waals surface area (Å²) in [7, 11) is 3.14. The molecule has 3 amide bonds. The molecule has 228 valence electrons. The van der Waals surface area contributed by atoms with Gasteiger partial charge >= 0.3 is 0 Å². The van der Waals surface area contributed by atoms with E-state index in [1.165, 1.54) is 0 Å². The van der Waals surface area contributed by atoms with E-state index >= 15 is 0 Å². The van der Waals surface area contributed by atoms with Crippen LogP contribution < -0.4 is 14.8 Å². The molecule has 10 heteroatoms. The Morgan fingerprint density at radius 3 is 2.56 bits per heavy atom. The van der Waals surface area contributed by atoms with Crippen LogP contribution in [0.15, 0.2) is 36.4 Å². The molecule has 0 radical (unpaired) electrons. The molecule has 2 saturated heterocycles. The Kier molecular flexibility index (Phi) is 8.02. The molecule has 0 aliphatic carbocycles. The first-order valence-electron chi connectivity index (χ1n) is 15.1. The van der Waals surface area contributed by atoms with Crippen molar-refractivity contribution in [1.29, 1.82) is 0 Å². The van der Waals surface area contributed by atoms with Crippen molar-refractivity contribution >= 4 is 40.2 Å². The van der Waals surface area contributed by atoms with E-state index in [2.05, 4.69) is 10.3 Å². The molecular weight excluding hydrogens is 568 g/mol. The summed E-state index contributed by atoms with van der Waals surface area (Å²) in [6.07, 6.45) is 4.08. The molecule has 3 aliphatic heterocycles. The molecule has 6 rings (SSSR count). The largest absolute Gasteiger partial charge is 0.493 e. The Labute approximate surface area is 256 Å². The highest BCUT2D eigenvalue weighted by Crippen LogP contribution is 2.50. The van der Waals surface area contributed by atoms with Crippen molar-refractivity contribution in [1.82, 2.24) is 20.1 Å². The van der Waals surface area contributed by atoms with Crippen molar-refractivity contribution in [3.8, 4) is 11.5 Å². The third-order valence-electron chi connectivity index (χ3n) is 9.67. The van der Waals surface area contributed by atoms with Crippen LogP contribution in [0.4, 0.5) is 0 Å². The number of amides is 3. The Morgan fingerprint density at radius 2 is 1.81 bits per heavy atom. The van der Waals surface area contributed by atoms with Gasteiger partial charge in [-0.15, -0.1) is 0 Å². The summed E-state index contributed by atoms with van der Waals surface area (Å²) in [6, 6.07) is 11.3. The average Bonchev–Trinajstić information content (AvgIpc) is 3.40. The zero-order valence-electron chi connectivity index (χ0n) is 25.0. The standard InChI is InChI=1S/C33H39ClN4O5/c1-33-25(32(41)37-12-5-4-6-13-37)16-21(17-29(39)35-19-20-7-10-27(42-2)28(15-20)43-3)31(40)38(33)14-11-23-24-18-22(34)8-9-26(24)36-30(23)33/h7-10,15,18,21,25,36H,4-6,11-14,16-17,19H2,1-3H3,(H,35,39)/t21-,25-,33+/m1/s1. The molecule has 0 unspecified atom stereocenters. The van der Waals surface area contributed by atoms with E-state index < -0.39 is 17.4 Å². The van der Waals surface area contributed by atoms with Crippen LogP contribution in [0.3, 0.4) is 0 Å². The van der Waals surface area contributed by atoms with Crippen molar-refractivity contribution in [2.45, 2.75) is 57.5 Å². The molecule has 43 heavy (non-hydrogen) atoms. The zero-order chi connectivity index (χ0) is 30.3. The smallest absolute Gasteiger partial charge is 0.228 e. The van der Waals surface area contributed by atoms with Crippen LogP contribution in [0.2, 0.25) is 5.02 Å². The van der Waals surface area contributed by atoms with Crippen LogP contribution in [0.25, 0.3) is 10.9 Å². The first-order valence-corrected chi connectivity index (χ1v) is 15.5. The number of likely N-dealkylation sites (tertiary alicyclic amines) is 1. The number of nitrogens with one attached hydrogen (secondary N) is 2. The normalized spacial score (nSPS) is 23.5. The summed E-state index contributed by atoms with van der Waals surface area (Å²) >= 11 is 6.37. The summed E-state index contributed by atoms with van der Waals surface area (Å²) in [5, 5.41) is 4.66. The number of H-pyrrole nitrogens is 1. The Hall–Kier alpha value is -3.72. The molecule has 3 aliphatic rings. The molecule has 3 atom stereocenters. The highest BCUT2D eigenvalue weighted by molar-refractivity contribution is 6.31. The summed E-state index contributed by atoms with van der Waals surface area (Å²) in [6.45, 7) is 4.25. The molecule has 3 aromatic rings. The fourth-order valence-electron chi connectivity index (χ4n) is 7.37. The predicted molar refractivity (Wildman–Crippen MR) is 164 cm³/mol. The maximum atomic E-state index is 14.3. The molecule has 2 fully saturated rings. The quantitative estimate of drug-likeness (QED) is 0.402. The predicted octanol–water partition coefficient (Wildman–Crippen LogP) is 4.79. The van der Waals surface area contributed by atoms with Crippen molar-refractivity contribution < 1.29 is 23.9 Å². The Morgan fingerprint density at radius 1 is 1.05 bits per heavy atom. The maximum Gasteiger partial charge on any atom is 0.228 e. The van der Waals surface area contributed by atoms with E-state index in [-0.39, 0.29) is 24.1 Å². The van der Waals surface area contributed by atoms with Gasteiger partial charge in [0, 0.05) is 60.1 Å². The van der Waals surface area contributed by atoms with E-state index in [0.717, 1.165) is 60.1 Å². The summed E-state index contributed by atoms with van der Waals surface area (Å²) in [5.74, 6) is -0.0980. The number of ether oxygens (including phenoxy) is 2. The second-order valence-corrected chi connectivity index (χ2v) is 12.5. The molecule has 9 nitrogen and oxygen atoms in total. The van der Waals surface area contributed by atoms with Crippen LogP contribution in [0.1, 0.15) is 55.8 Å². The minimum Gasteiger partial charge on any atom is -0.493 e. The van der Waals surface area contributed by atoms with Crippen LogP contribution in [0.5, 0.6) is 11.5 Å². The lowest BCUT2D eigenvalue weighted by molar-refractivity contribution is -0.164. The summed E-state index contributed by atoms with van der Waals surface area (Å²) < 4.78 is 10.7. The van der Waals surface area contributed by atoms with E-state index in [1.54, 1.807) is 20.3 Å². The second-order valence-electron chi connectivity index (χ2n) is 12.1. The average molecular weight is 607 g/mol. The molecule has 2 N–H and O–H groups in total. The number of rotatable bonds is 7. The molecule has 0 spiro atoms. The van der Waals surface area contributed by atoms with E-state index in [9.17, 15) is 14.4 Å². The van der Waals surface area contributed by atoms with E-state index in [0.29, 0.717) is 42.5 Å². The number of hydrogen-bond acceptors (Lipinski definition) is 5. The molecule has 0 saturated carbocycles. The SMILES string of the molecule is COc1ccc(CNC(=O)C[C@H]2C[C@H](C(=O)N3CCCCC3)[C@@]3(C)c4[nH]c5ccc(Cl)cc5c4CCN3C2=O)cc1OC. The number of fused-ring (bicyclic) bond motifs is 5. The first-order chi connectivity index (χ1) is 20.7. The lowest BCUT2D eigenvalue weighted by Gasteiger charge is -2.54. The van der Waals surface area contributed by atoms with Crippen LogP contribution in [0, 0.1) is 11.8 Å². The number of carbonyl (C=O) groups excluding carboxylic acids is 3. The monoisotopic (exact) mass is 606 g/mol. The van der Waals surface area contributed by atoms with E-state index in [1.807, 2.05) is 47.1 Å². The third-order valence-corrected chi connectivity index (χ3v) is 9.90. The Bertz CT molecular complexity index is 1560. The van der Waals surface area contributed by atoms with Crippen LogP contribution in [-0.4, -0.2) is 66.4 Å². The molecule has 4 heterocycles. The lowest BCUT2D eigenvalue weighted by Crippen LogP contribution is -2.64. The number of benzene rings is 2.